The normalized spacial score (nSPS) is 10.6. The van der Waals surface area contributed by atoms with E-state index < -0.39 is 5.91 Å². The van der Waals surface area contributed by atoms with E-state index in [9.17, 15) is 14.9 Å². The van der Waals surface area contributed by atoms with Gasteiger partial charge in [-0.3, -0.25) is 9.59 Å². The summed E-state index contributed by atoms with van der Waals surface area (Å²) in [4.78, 5) is 24.6. The molecule has 0 spiro atoms. The van der Waals surface area contributed by atoms with Crippen molar-refractivity contribution in [2.24, 2.45) is 0 Å². The number of nitrogens with zero attached hydrogens (tertiary/aromatic N) is 1. The number of para-hydroxylation sites is 2. The molecule has 154 valence electrons. The molecule has 3 aromatic rings. The van der Waals surface area contributed by atoms with Crippen molar-refractivity contribution < 1.29 is 14.3 Å². The molecule has 0 saturated carbocycles. The van der Waals surface area contributed by atoms with Gasteiger partial charge in [0.25, 0.3) is 11.8 Å². The van der Waals surface area contributed by atoms with E-state index in [1.807, 2.05) is 24.3 Å². The summed E-state index contributed by atoms with van der Waals surface area (Å²) in [6.45, 7) is -0.224. The summed E-state index contributed by atoms with van der Waals surface area (Å²) in [6, 6.07) is 24.3. The molecule has 0 radical (unpaired) electrons. The second-order valence-electron chi connectivity index (χ2n) is 6.37. The Bertz CT molecular complexity index is 1140. The van der Waals surface area contributed by atoms with Crippen molar-refractivity contribution in [3.63, 3.8) is 0 Å². The van der Waals surface area contributed by atoms with Crippen LogP contribution in [0.3, 0.4) is 0 Å². The van der Waals surface area contributed by atoms with Gasteiger partial charge in [0.15, 0.2) is 6.61 Å². The van der Waals surface area contributed by atoms with E-state index in [4.69, 9.17) is 16.3 Å². The first kappa shape index (κ1) is 21.6. The zero-order valence-electron chi connectivity index (χ0n) is 16.3. The molecule has 0 aromatic heterocycles. The number of hydrogen-bond donors (Lipinski definition) is 2. The van der Waals surface area contributed by atoms with Gasteiger partial charge in [-0.2, -0.15) is 5.26 Å². The molecule has 3 rings (SSSR count). The van der Waals surface area contributed by atoms with Gasteiger partial charge in [-0.25, -0.2) is 0 Å². The molecule has 0 aliphatic heterocycles. The van der Waals surface area contributed by atoms with Crippen molar-refractivity contribution in [1.29, 1.82) is 5.26 Å². The highest BCUT2D eigenvalue weighted by molar-refractivity contribution is 6.30. The molecular weight excluding hydrogens is 414 g/mol. The molecule has 0 aliphatic rings. The van der Waals surface area contributed by atoms with Crippen LogP contribution in [0, 0.1) is 11.3 Å². The number of anilines is 2. The number of ether oxygens (including phenoxy) is 1. The van der Waals surface area contributed by atoms with Gasteiger partial charge in [-0.1, -0.05) is 48.0 Å². The third kappa shape index (κ3) is 6.46. The zero-order chi connectivity index (χ0) is 22.1. The van der Waals surface area contributed by atoms with Crippen molar-refractivity contribution in [3.05, 3.63) is 95.0 Å². The third-order valence-electron chi connectivity index (χ3n) is 4.10. The second kappa shape index (κ2) is 10.6. The van der Waals surface area contributed by atoms with E-state index in [1.54, 1.807) is 60.7 Å². The molecule has 7 heteroatoms. The van der Waals surface area contributed by atoms with Crippen LogP contribution in [-0.2, 0) is 9.59 Å². The lowest BCUT2D eigenvalue weighted by atomic mass is 10.1. The summed E-state index contributed by atoms with van der Waals surface area (Å²) in [5.41, 5.74) is 1.56. The van der Waals surface area contributed by atoms with Crippen LogP contribution in [0.5, 0.6) is 5.75 Å². The number of carbonyl (C=O) groups excluding carboxylic acids is 2. The molecule has 0 atom stereocenters. The largest absolute Gasteiger partial charge is 0.483 e. The van der Waals surface area contributed by atoms with Crippen molar-refractivity contribution in [2.75, 3.05) is 17.2 Å². The lowest BCUT2D eigenvalue weighted by Gasteiger charge is -2.10. The molecule has 2 N–H and O–H groups in total. The maximum absolute atomic E-state index is 12.5. The highest BCUT2D eigenvalue weighted by Gasteiger charge is 2.12. The van der Waals surface area contributed by atoms with Crippen LogP contribution in [0.15, 0.2) is 84.4 Å². The minimum absolute atomic E-state index is 0.111. The third-order valence-corrected chi connectivity index (χ3v) is 4.35. The second-order valence-corrected chi connectivity index (χ2v) is 6.81. The monoisotopic (exact) mass is 431 g/mol. The zero-order valence-corrected chi connectivity index (χ0v) is 17.1. The quantitative estimate of drug-likeness (QED) is 0.411. The van der Waals surface area contributed by atoms with Crippen LogP contribution in [0.4, 0.5) is 11.4 Å². The molecule has 3 aromatic carbocycles. The van der Waals surface area contributed by atoms with Gasteiger partial charge >= 0.3 is 0 Å². The lowest BCUT2D eigenvalue weighted by molar-refractivity contribution is -0.118. The smallest absolute Gasteiger partial charge is 0.266 e. The summed E-state index contributed by atoms with van der Waals surface area (Å²) in [5, 5.41) is 15.4. The molecule has 31 heavy (non-hydrogen) atoms. The molecule has 6 nitrogen and oxygen atoms in total. The molecule has 2 amide bonds. The van der Waals surface area contributed by atoms with Crippen LogP contribution in [0.1, 0.15) is 5.56 Å². The minimum atomic E-state index is -0.568. The molecule has 0 bridgehead atoms. The molecular formula is C24H18ClN3O3. The molecule has 0 unspecified atom stereocenters. The molecule has 0 fully saturated rings. The van der Waals surface area contributed by atoms with Gasteiger partial charge < -0.3 is 15.4 Å². The van der Waals surface area contributed by atoms with Crippen LogP contribution >= 0.6 is 11.6 Å². The van der Waals surface area contributed by atoms with Gasteiger partial charge in [-0.15, -0.1) is 0 Å². The Morgan fingerprint density at radius 2 is 1.55 bits per heavy atom. The predicted octanol–water partition coefficient (Wildman–Crippen LogP) is 4.90. The average Bonchev–Trinajstić information content (AvgIpc) is 2.79. The molecule has 0 aliphatic carbocycles. The van der Waals surface area contributed by atoms with Gasteiger partial charge in [0, 0.05) is 22.0 Å². The first-order valence-corrected chi connectivity index (χ1v) is 9.68. The Morgan fingerprint density at radius 1 is 0.903 bits per heavy atom. The van der Waals surface area contributed by atoms with Gasteiger partial charge in [-0.05, 0) is 48.5 Å². The Kier molecular flexibility index (Phi) is 7.41. The van der Waals surface area contributed by atoms with Crippen molar-refractivity contribution >= 4 is 40.9 Å². The van der Waals surface area contributed by atoms with Crippen LogP contribution in [0.25, 0.3) is 6.08 Å². The first-order valence-electron chi connectivity index (χ1n) is 9.30. The van der Waals surface area contributed by atoms with Crippen molar-refractivity contribution in [3.8, 4) is 11.8 Å². The lowest BCUT2D eigenvalue weighted by Crippen LogP contribution is -2.20. The van der Waals surface area contributed by atoms with Crippen LogP contribution < -0.4 is 15.4 Å². The average molecular weight is 432 g/mol. The van der Waals surface area contributed by atoms with E-state index in [0.717, 1.165) is 0 Å². The molecule has 0 heterocycles. The SMILES string of the molecule is N#C/C(=C\c1ccccc1OCC(=O)Nc1ccccc1)C(=O)Nc1ccc(Cl)cc1. The van der Waals surface area contributed by atoms with Crippen LogP contribution in [0.2, 0.25) is 5.02 Å². The summed E-state index contributed by atoms with van der Waals surface area (Å²) >= 11 is 5.84. The van der Waals surface area contributed by atoms with Crippen molar-refractivity contribution in [2.45, 2.75) is 0 Å². The van der Waals surface area contributed by atoms with E-state index in [1.165, 1.54) is 6.08 Å². The topological polar surface area (TPSA) is 91.2 Å². The summed E-state index contributed by atoms with van der Waals surface area (Å²) < 4.78 is 5.62. The van der Waals surface area contributed by atoms with E-state index in [2.05, 4.69) is 10.6 Å². The number of nitrogens with one attached hydrogen (secondary N) is 2. The number of halogens is 1. The van der Waals surface area contributed by atoms with Crippen LogP contribution in [-0.4, -0.2) is 18.4 Å². The predicted molar refractivity (Wildman–Crippen MR) is 121 cm³/mol. The summed E-state index contributed by atoms with van der Waals surface area (Å²) in [6.07, 6.45) is 1.41. The number of carbonyl (C=O) groups is 2. The standard InChI is InChI=1S/C24H18ClN3O3/c25-19-10-12-21(13-11-19)28-24(30)18(15-26)14-17-6-4-5-9-22(17)31-16-23(29)27-20-7-2-1-3-8-20/h1-14H,16H2,(H,27,29)(H,28,30)/b18-14+. The summed E-state index contributed by atoms with van der Waals surface area (Å²) in [5.74, 6) is -0.523. The van der Waals surface area contributed by atoms with Gasteiger partial charge in [0.2, 0.25) is 0 Å². The number of rotatable bonds is 7. The number of amides is 2. The van der Waals surface area contributed by atoms with E-state index in [0.29, 0.717) is 27.7 Å². The highest BCUT2D eigenvalue weighted by Crippen LogP contribution is 2.22. The van der Waals surface area contributed by atoms with E-state index >= 15 is 0 Å². The number of nitriles is 1. The number of benzene rings is 3. The highest BCUT2D eigenvalue weighted by atomic mass is 35.5. The Morgan fingerprint density at radius 3 is 2.26 bits per heavy atom. The fourth-order valence-electron chi connectivity index (χ4n) is 2.63. The summed E-state index contributed by atoms with van der Waals surface area (Å²) in [7, 11) is 0. The Labute approximate surface area is 184 Å². The fourth-order valence-corrected chi connectivity index (χ4v) is 2.75. The Hall–Kier alpha value is -4.08. The maximum Gasteiger partial charge on any atom is 0.266 e. The molecule has 0 saturated heterocycles. The minimum Gasteiger partial charge on any atom is -0.483 e. The first-order chi connectivity index (χ1) is 15.0. The Balaban J connectivity index is 1.69. The van der Waals surface area contributed by atoms with E-state index in [-0.39, 0.29) is 18.1 Å². The number of hydrogen-bond acceptors (Lipinski definition) is 4. The fraction of sp³-hybridized carbons (Fsp3) is 0.0417. The maximum atomic E-state index is 12.5. The van der Waals surface area contributed by atoms with Gasteiger partial charge in [0.05, 0.1) is 0 Å². The van der Waals surface area contributed by atoms with Gasteiger partial charge in [0.1, 0.15) is 17.4 Å². The van der Waals surface area contributed by atoms with Crippen molar-refractivity contribution in [1.82, 2.24) is 0 Å².